The van der Waals surface area contributed by atoms with Crippen molar-refractivity contribution in [2.24, 2.45) is 23.2 Å². The van der Waals surface area contributed by atoms with E-state index < -0.39 is 48.6 Å². The zero-order valence-corrected chi connectivity index (χ0v) is 26.4. The molecule has 1 aromatic carbocycles. The van der Waals surface area contributed by atoms with Crippen molar-refractivity contribution in [1.29, 1.82) is 0 Å². The Morgan fingerprint density at radius 1 is 0.889 bits per heavy atom. The van der Waals surface area contributed by atoms with E-state index in [0.717, 1.165) is 75.6 Å². The van der Waals surface area contributed by atoms with Gasteiger partial charge in [-0.3, -0.25) is 0 Å². The quantitative estimate of drug-likeness (QED) is 0.146. The lowest BCUT2D eigenvalue weighted by atomic mass is 9.51. The van der Waals surface area contributed by atoms with E-state index in [1.807, 2.05) is 13.1 Å². The first kappa shape index (κ1) is 36.2. The number of benzene rings is 1. The fraction of sp³-hybridized carbons (Fsp3) is 0.824. The number of alkyl halides is 8. The largest absolute Gasteiger partial charge is 0.508 e. The van der Waals surface area contributed by atoms with Crippen LogP contribution in [0.2, 0.25) is 0 Å². The van der Waals surface area contributed by atoms with E-state index in [9.17, 15) is 40.9 Å². The Morgan fingerprint density at radius 2 is 1.51 bits per heavy atom. The zero-order chi connectivity index (χ0) is 33.2. The summed E-state index contributed by atoms with van der Waals surface area (Å²) in [6.45, 7) is 3.71. The highest BCUT2D eigenvalue weighted by Gasteiger charge is 2.72. The molecule has 3 aliphatic carbocycles. The van der Waals surface area contributed by atoms with Gasteiger partial charge in [-0.25, -0.2) is 4.39 Å². The number of phenols is 1. The van der Waals surface area contributed by atoms with Crippen LogP contribution in [0.25, 0.3) is 0 Å². The topological polar surface area (TPSA) is 43.7 Å². The highest BCUT2D eigenvalue weighted by molar-refractivity contribution is 5.41. The molecule has 3 aliphatic rings. The fourth-order valence-corrected chi connectivity index (χ4v) is 8.73. The van der Waals surface area contributed by atoms with Crippen LogP contribution in [-0.2, 0) is 6.42 Å². The molecule has 45 heavy (non-hydrogen) atoms. The van der Waals surface area contributed by atoms with Crippen LogP contribution in [0.4, 0.5) is 35.1 Å². The van der Waals surface area contributed by atoms with Gasteiger partial charge in [-0.15, -0.1) is 0 Å². The van der Waals surface area contributed by atoms with Crippen molar-refractivity contribution in [2.45, 2.75) is 133 Å². The second-order valence-corrected chi connectivity index (χ2v) is 14.3. The molecular weight excluding hydrogens is 606 g/mol. The van der Waals surface area contributed by atoms with E-state index in [4.69, 9.17) is 0 Å². The van der Waals surface area contributed by atoms with Crippen molar-refractivity contribution in [1.82, 2.24) is 4.90 Å². The number of nitrogens with zero attached hydrogens (tertiary/aromatic N) is 1. The van der Waals surface area contributed by atoms with Crippen LogP contribution >= 0.6 is 0 Å². The van der Waals surface area contributed by atoms with Crippen LogP contribution in [0, 0.1) is 23.2 Å². The first-order chi connectivity index (χ1) is 21.0. The molecule has 4 rings (SSSR count). The van der Waals surface area contributed by atoms with Gasteiger partial charge in [0, 0.05) is 12.3 Å². The summed E-state index contributed by atoms with van der Waals surface area (Å²) in [4.78, 5) is 2.17. The molecule has 3 nitrogen and oxygen atoms in total. The molecule has 1 aromatic rings. The van der Waals surface area contributed by atoms with Crippen molar-refractivity contribution >= 4 is 0 Å². The lowest BCUT2D eigenvalue weighted by Gasteiger charge is -2.54. The SMILES string of the molecule is CN(CCCCCCCC(F)(F)C(F)(F)C(F)(F)F)CCCCC[C@@H]1Cc2cc(O)ccc2[C@@H]2[C@@H]1[C@@H]1CC[C@H](O)[C@@]1(C)C[C@@H]2F. The maximum atomic E-state index is 15.9. The average Bonchev–Trinajstić information content (AvgIpc) is 3.24. The molecule has 258 valence electrons. The van der Waals surface area contributed by atoms with E-state index >= 15 is 4.39 Å². The van der Waals surface area contributed by atoms with Crippen LogP contribution in [0.5, 0.6) is 5.75 Å². The molecule has 2 saturated carbocycles. The first-order valence-corrected chi connectivity index (χ1v) is 16.6. The van der Waals surface area contributed by atoms with Gasteiger partial charge in [-0.1, -0.05) is 45.1 Å². The summed E-state index contributed by atoms with van der Waals surface area (Å²) in [5.41, 5.74) is 1.66. The van der Waals surface area contributed by atoms with Crippen molar-refractivity contribution < 1.29 is 45.3 Å². The zero-order valence-electron chi connectivity index (χ0n) is 26.4. The molecule has 2 N–H and O–H groups in total. The van der Waals surface area contributed by atoms with E-state index in [1.54, 1.807) is 12.1 Å². The van der Waals surface area contributed by atoms with Gasteiger partial charge in [-0.05, 0) is 118 Å². The number of fused-ring (bicyclic) bond motifs is 5. The molecule has 0 amide bonds. The van der Waals surface area contributed by atoms with Crippen molar-refractivity contribution in [3.63, 3.8) is 0 Å². The van der Waals surface area contributed by atoms with E-state index in [2.05, 4.69) is 11.8 Å². The fourth-order valence-electron chi connectivity index (χ4n) is 8.73. The average molecular weight is 656 g/mol. The maximum Gasteiger partial charge on any atom is 0.459 e. The Balaban J connectivity index is 1.17. The Bertz CT molecular complexity index is 1110. The summed E-state index contributed by atoms with van der Waals surface area (Å²) < 4.78 is 105. The number of aromatic hydroxyl groups is 1. The number of hydrogen-bond donors (Lipinski definition) is 2. The lowest BCUT2D eigenvalue weighted by Crippen LogP contribution is -2.51. The monoisotopic (exact) mass is 655 g/mol. The van der Waals surface area contributed by atoms with Gasteiger partial charge < -0.3 is 15.1 Å². The Hall–Kier alpha value is -1.62. The van der Waals surface area contributed by atoms with Crippen LogP contribution < -0.4 is 0 Å². The first-order valence-electron chi connectivity index (χ1n) is 16.6. The number of aliphatic hydroxyl groups is 1. The summed E-state index contributed by atoms with van der Waals surface area (Å²) in [5, 5.41) is 21.0. The summed E-state index contributed by atoms with van der Waals surface area (Å²) in [7, 11) is 1.99. The van der Waals surface area contributed by atoms with Crippen molar-refractivity contribution in [2.75, 3.05) is 20.1 Å². The number of hydrogen-bond acceptors (Lipinski definition) is 3. The highest BCUT2D eigenvalue weighted by atomic mass is 19.4. The summed E-state index contributed by atoms with van der Waals surface area (Å²) in [6, 6.07) is 5.34. The van der Waals surface area contributed by atoms with Crippen LogP contribution in [0.15, 0.2) is 18.2 Å². The van der Waals surface area contributed by atoms with Crippen LogP contribution in [0.3, 0.4) is 0 Å². The number of rotatable bonds is 15. The van der Waals surface area contributed by atoms with Gasteiger partial charge in [-0.2, -0.15) is 30.7 Å². The second kappa shape index (κ2) is 14.2. The molecule has 0 bridgehead atoms. The molecule has 0 saturated heterocycles. The molecule has 0 unspecified atom stereocenters. The number of aliphatic hydroxyl groups excluding tert-OH is 1. The predicted octanol–water partition coefficient (Wildman–Crippen LogP) is 9.45. The highest BCUT2D eigenvalue weighted by Crippen LogP contribution is 2.63. The number of halogens is 8. The third-order valence-corrected chi connectivity index (χ3v) is 11.2. The minimum Gasteiger partial charge on any atom is -0.508 e. The normalized spacial score (nSPS) is 30.3. The van der Waals surface area contributed by atoms with E-state index in [0.29, 0.717) is 19.3 Å². The van der Waals surface area contributed by atoms with Crippen LogP contribution in [-0.4, -0.2) is 65.5 Å². The van der Waals surface area contributed by atoms with Crippen molar-refractivity contribution in [3.05, 3.63) is 29.3 Å². The molecule has 0 radical (unpaired) electrons. The summed E-state index contributed by atoms with van der Waals surface area (Å²) >= 11 is 0. The molecule has 7 atom stereocenters. The minimum absolute atomic E-state index is 0.169. The maximum absolute atomic E-state index is 15.9. The third kappa shape index (κ3) is 7.76. The molecule has 0 aliphatic heterocycles. The summed E-state index contributed by atoms with van der Waals surface area (Å²) in [6.07, 6.45) is -0.786. The minimum atomic E-state index is -6.27. The molecule has 0 aromatic heterocycles. The van der Waals surface area contributed by atoms with Gasteiger partial charge >= 0.3 is 18.0 Å². The molecule has 11 heteroatoms. The molecule has 0 heterocycles. The van der Waals surface area contributed by atoms with Gasteiger partial charge in [0.15, 0.2) is 0 Å². The Kier molecular flexibility index (Phi) is 11.5. The molecular formula is C34H49F8NO2. The smallest absolute Gasteiger partial charge is 0.459 e. The van der Waals surface area contributed by atoms with Gasteiger partial charge in [0.05, 0.1) is 6.10 Å². The molecule has 2 fully saturated rings. The predicted molar refractivity (Wildman–Crippen MR) is 157 cm³/mol. The van der Waals surface area contributed by atoms with E-state index in [-0.39, 0.29) is 35.8 Å². The Labute approximate surface area is 261 Å². The standard InChI is InChI=1S/C34H49F8NO2/c1-31-21-27(35)30-25-13-12-24(44)20-23(25)19-22(29(30)26(31)14-15-28(31)45)11-7-6-10-18-43(2)17-9-5-3-4-8-16-32(36,37)33(38,39)34(40,41)42/h12-13,20,22,26-30,44-45H,3-11,14-19,21H2,1-2H3/t22-,26+,27+,28+,29+,30+,31+/m1/s1. The van der Waals surface area contributed by atoms with Crippen molar-refractivity contribution in [3.8, 4) is 5.75 Å². The summed E-state index contributed by atoms with van der Waals surface area (Å²) in [5.74, 6) is -10.4. The van der Waals surface area contributed by atoms with Gasteiger partial charge in [0.25, 0.3) is 0 Å². The second-order valence-electron chi connectivity index (χ2n) is 14.3. The lowest BCUT2D eigenvalue weighted by molar-refractivity contribution is -0.355. The number of phenolic OH excluding ortho intramolecular Hbond substituents is 1. The molecule has 0 spiro atoms. The number of unbranched alkanes of at least 4 members (excludes halogenated alkanes) is 6. The van der Waals surface area contributed by atoms with Gasteiger partial charge in [0.2, 0.25) is 0 Å². The third-order valence-electron chi connectivity index (χ3n) is 11.2. The Morgan fingerprint density at radius 3 is 2.18 bits per heavy atom. The van der Waals surface area contributed by atoms with Crippen LogP contribution in [0.1, 0.15) is 107 Å². The van der Waals surface area contributed by atoms with E-state index in [1.165, 1.54) is 0 Å². The van der Waals surface area contributed by atoms with Gasteiger partial charge in [0.1, 0.15) is 11.9 Å².